The second-order valence-corrected chi connectivity index (χ2v) is 36.0. The molecule has 27 nitrogen and oxygen atoms in total. The first-order chi connectivity index (χ1) is 65.8. The third-order valence-corrected chi connectivity index (χ3v) is 27.6. The number of aromatic amines is 6. The van der Waals surface area contributed by atoms with E-state index in [0.717, 1.165) is 148 Å². The van der Waals surface area contributed by atoms with E-state index in [-0.39, 0.29) is 75.2 Å². The van der Waals surface area contributed by atoms with Crippen molar-refractivity contribution < 1.29 is 28.0 Å². The predicted molar refractivity (Wildman–Crippen MR) is 527 cm³/mol. The summed E-state index contributed by atoms with van der Waals surface area (Å²) in [6.45, 7) is 7.42. The van der Waals surface area contributed by atoms with Gasteiger partial charge in [-0.2, -0.15) is 10.2 Å². The average Bonchev–Trinajstić information content (AvgIpc) is 1.59. The van der Waals surface area contributed by atoms with Crippen molar-refractivity contribution >= 4 is 134 Å². The van der Waals surface area contributed by atoms with Gasteiger partial charge in [-0.1, -0.05) is 29.8 Å². The molecule has 0 radical (unpaired) electrons. The van der Waals surface area contributed by atoms with Crippen molar-refractivity contribution in [2.75, 3.05) is 17.2 Å². The van der Waals surface area contributed by atoms with E-state index in [4.69, 9.17) is 34.5 Å². The van der Waals surface area contributed by atoms with Crippen LogP contribution in [0.2, 0.25) is 5.15 Å². The summed E-state index contributed by atoms with van der Waals surface area (Å²) in [5, 5.41) is 19.5. The summed E-state index contributed by atoms with van der Waals surface area (Å²) in [5.74, 6) is 0.145. The molecule has 678 valence electrons. The van der Waals surface area contributed by atoms with Crippen molar-refractivity contribution in [1.29, 1.82) is 0 Å². The molecular formula is C106H90ClF2N19O8. The van der Waals surface area contributed by atoms with Crippen LogP contribution in [0.3, 0.4) is 0 Å². The van der Waals surface area contributed by atoms with E-state index in [2.05, 4.69) is 108 Å². The normalized spacial score (nSPS) is 13.4. The maximum Gasteiger partial charge on any atom is 0.255 e. The highest BCUT2D eigenvalue weighted by Gasteiger charge is 2.34. The van der Waals surface area contributed by atoms with E-state index >= 15 is 8.78 Å². The zero-order valence-electron chi connectivity index (χ0n) is 74.6. The zero-order chi connectivity index (χ0) is 94.1. The number of aryl methyl sites for hydroxylation is 8. The fourth-order valence-corrected chi connectivity index (χ4v) is 21.4. The second-order valence-electron chi connectivity index (χ2n) is 35.7. The largest absolute Gasteiger partial charge is 0.384 e. The van der Waals surface area contributed by atoms with Gasteiger partial charge in [0.1, 0.15) is 34.3 Å². The van der Waals surface area contributed by atoms with E-state index in [1.54, 1.807) is 92.4 Å². The zero-order valence-corrected chi connectivity index (χ0v) is 75.3. The van der Waals surface area contributed by atoms with Crippen LogP contribution in [0.15, 0.2) is 207 Å². The Morgan fingerprint density at radius 3 is 1.16 bits per heavy atom. The number of anilines is 3. The molecule has 0 spiro atoms. The van der Waals surface area contributed by atoms with Crippen molar-refractivity contribution in [3.8, 4) is 44.5 Å². The van der Waals surface area contributed by atoms with Gasteiger partial charge in [0, 0.05) is 180 Å². The number of para-hydroxylation sites is 1. The number of halogens is 3. The first-order valence-corrected chi connectivity index (χ1v) is 45.6. The van der Waals surface area contributed by atoms with E-state index in [1.165, 1.54) is 77.4 Å². The number of nitrogens with one attached hydrogen (secondary N) is 6. The Kier molecular flexibility index (Phi) is 21.8. The van der Waals surface area contributed by atoms with Crippen molar-refractivity contribution in [3.05, 3.63) is 341 Å². The molecule has 13 heterocycles. The molecule has 0 atom stereocenters. The standard InChI is InChI=1S/C28H24N4O2.C27H23FN4O2.C26H22FN5O2.C25H21ClN6O2/c1-16(33)27-26(21-9-5-11-30-28(21)34)22-12-17-6-4-7-18(17)13-24(22)32(27)15-19-14-25(29)31-23-10-3-2-8-20(19)23;1-14(33)25-24(19-6-3-7-30-27(19)34)21-8-15-4-2-5-16(15)11-23(21)32(25)13-18-9-20-17(10-22(18)28)12-31-26(20)29;1-13(33)24-23(17-6-3-7-29-26(17)34)19-8-14-4-2-5-15(14)10-22(19)32(24)12-16-9-18-21(11-20(16)27)30-31-25(18)28;1-12(33)21-20(16-6-3-7-28-25(16)34)17-8-13-4-2-5-14(13)10-19(17)32(21)11-15-9-18-23(27)30-31-24(18)29-22(15)26/h2-3,5,8-14H,4,6-7,15H2,1H3,(H2,29,31)(H,30,34);3,6-11H,2,4-5,12-13H2,1H3,(H2,29,31)(H,30,34);3,6-11H,2,4-5,12H2,1H3,(H,29,34)(H3,28,30,31);3,6-10H,2,4-5,11H2,1H3,(H,28,34)(H3,27,29,30,31). The number of hydrogen-bond acceptors (Lipinski definition) is 17. The van der Waals surface area contributed by atoms with Crippen LogP contribution in [0.1, 0.15) is 173 Å². The highest BCUT2D eigenvalue weighted by molar-refractivity contribution is 6.30. The van der Waals surface area contributed by atoms with E-state index < -0.39 is 5.82 Å². The number of nitrogens with zero attached hydrogens (tertiary/aromatic N) is 9. The molecule has 19 aromatic rings. The maximum absolute atomic E-state index is 15.2. The summed E-state index contributed by atoms with van der Waals surface area (Å²) < 4.78 is 38.0. The first-order valence-electron chi connectivity index (χ1n) is 45.2. The summed E-state index contributed by atoms with van der Waals surface area (Å²) >= 11 is 6.53. The molecule has 7 aromatic carbocycles. The molecule has 1 aliphatic heterocycles. The van der Waals surface area contributed by atoms with Gasteiger partial charge in [0.15, 0.2) is 34.6 Å². The quantitative estimate of drug-likeness (QED) is 0.0317. The monoisotopic (exact) mass is 1830 g/mol. The molecule has 0 fully saturated rings. The van der Waals surface area contributed by atoms with E-state index in [9.17, 15) is 38.4 Å². The van der Waals surface area contributed by atoms with Crippen LogP contribution in [-0.4, -0.2) is 97.5 Å². The summed E-state index contributed by atoms with van der Waals surface area (Å²) in [6.07, 6.45) is 18.6. The van der Waals surface area contributed by atoms with Crippen molar-refractivity contribution in [2.45, 2.75) is 137 Å². The van der Waals surface area contributed by atoms with E-state index in [0.29, 0.717) is 143 Å². The van der Waals surface area contributed by atoms with Crippen LogP contribution in [0.5, 0.6) is 0 Å². The van der Waals surface area contributed by atoms with Crippen LogP contribution in [-0.2, 0) is 84.1 Å². The molecule has 0 saturated carbocycles. The summed E-state index contributed by atoms with van der Waals surface area (Å²) in [6, 6.07) is 49.0. The Hall–Kier alpha value is -16.3. The van der Waals surface area contributed by atoms with Gasteiger partial charge in [-0.15, -0.1) is 0 Å². The molecule has 136 heavy (non-hydrogen) atoms. The number of ketones is 4. The molecule has 12 aromatic heterocycles. The van der Waals surface area contributed by atoms with Gasteiger partial charge in [0.2, 0.25) is 0 Å². The van der Waals surface area contributed by atoms with Crippen LogP contribution in [0.4, 0.5) is 26.2 Å². The highest BCUT2D eigenvalue weighted by atomic mass is 35.5. The van der Waals surface area contributed by atoms with Gasteiger partial charge in [0.05, 0.1) is 65.4 Å². The average molecular weight is 1830 g/mol. The van der Waals surface area contributed by atoms with Gasteiger partial charge >= 0.3 is 0 Å². The van der Waals surface area contributed by atoms with Crippen LogP contribution < -0.4 is 45.2 Å². The van der Waals surface area contributed by atoms with Crippen LogP contribution in [0, 0.1) is 11.6 Å². The number of benzene rings is 7. The Morgan fingerprint density at radius 1 is 0.375 bits per heavy atom. The molecule has 24 rings (SSSR count). The van der Waals surface area contributed by atoms with Crippen molar-refractivity contribution in [2.24, 2.45) is 10.7 Å². The molecule has 5 aliphatic rings. The third-order valence-electron chi connectivity index (χ3n) is 27.3. The SMILES string of the molecule is CC(=O)c1c(-c2ccc[nH]c2=O)c2cc3c(cc2n1Cc1cc(N)nc2ccccc12)CCC3.CC(=O)c1c(-c2ccc[nH]c2=O)c2cc3c(cc2n1Cc1cc2c(N)[nH]nc2nc1Cl)CCC3.CC(=O)c1c(-c2ccc[nH]c2=O)c2cc3c(cc2n1Cc1cc2c(N)n[nH]c2cc1F)CCC3.CC(=O)c1c(-c2ccc[nH]c2=O)c2cc3c(cc2n1Cc1cc2c(cc1F)CN=C2N)CCC3. The summed E-state index contributed by atoms with van der Waals surface area (Å²) in [5.41, 5.74) is 48.6. The number of nitrogen functional groups attached to an aromatic ring is 3. The molecule has 14 N–H and O–H groups in total. The number of aromatic nitrogens is 14. The summed E-state index contributed by atoms with van der Waals surface area (Å²) in [7, 11) is 0. The van der Waals surface area contributed by atoms with Gasteiger partial charge in [0.25, 0.3) is 22.2 Å². The molecule has 0 unspecified atom stereocenters. The summed E-state index contributed by atoms with van der Waals surface area (Å²) in [4.78, 5) is 128. The minimum Gasteiger partial charge on any atom is -0.384 e. The predicted octanol–water partition coefficient (Wildman–Crippen LogP) is 17.5. The number of nitrogens with two attached hydrogens (primary N) is 4. The Morgan fingerprint density at radius 2 is 0.750 bits per heavy atom. The van der Waals surface area contributed by atoms with Crippen LogP contribution in [0.25, 0.3) is 121 Å². The molecule has 0 bridgehead atoms. The smallest absolute Gasteiger partial charge is 0.255 e. The second kappa shape index (κ2) is 34.4. The number of hydrogen-bond donors (Lipinski definition) is 10. The number of H-pyrrole nitrogens is 6. The number of amidine groups is 1. The maximum atomic E-state index is 15.2. The van der Waals surface area contributed by atoms with Gasteiger partial charge < -0.3 is 61.1 Å². The topological polar surface area (TPSA) is 419 Å². The highest BCUT2D eigenvalue weighted by Crippen LogP contribution is 2.45. The Balaban J connectivity index is 0.000000108. The molecule has 30 heteroatoms. The number of pyridine rings is 6. The number of fused-ring (bicyclic) bond motifs is 12. The molecule has 0 amide bonds. The lowest BCUT2D eigenvalue weighted by molar-refractivity contribution is 0.0997. The van der Waals surface area contributed by atoms with Crippen molar-refractivity contribution in [3.63, 3.8) is 0 Å². The van der Waals surface area contributed by atoms with Crippen molar-refractivity contribution in [1.82, 2.24) is 68.6 Å². The lowest BCUT2D eigenvalue weighted by Gasteiger charge is -2.13. The minimum absolute atomic E-state index is 0.0825. The fourth-order valence-electron chi connectivity index (χ4n) is 21.2. The lowest BCUT2D eigenvalue weighted by Crippen LogP contribution is -2.14. The lowest BCUT2D eigenvalue weighted by atomic mass is 9.99. The van der Waals surface area contributed by atoms with Gasteiger partial charge in [-0.3, -0.25) is 53.5 Å². The van der Waals surface area contributed by atoms with E-state index in [1.807, 2.05) is 50.1 Å². The molecule has 4 aliphatic carbocycles. The molecular weight excluding hydrogens is 1740 g/mol. The number of rotatable bonds is 16. The minimum atomic E-state index is -0.423. The van der Waals surface area contributed by atoms with Gasteiger partial charge in [-0.05, 0) is 272 Å². The Bertz CT molecular complexity index is 8410. The third kappa shape index (κ3) is 15.1. The first kappa shape index (κ1) is 86.4. The molecule has 0 saturated heterocycles. The fraction of sp³-hybridized carbons (Fsp3) is 0.198. The number of carbonyl (C=O) groups is 4. The number of carbonyl (C=O) groups excluding carboxylic acids is 4. The Labute approximate surface area is 777 Å². The van der Waals surface area contributed by atoms with Gasteiger partial charge in [-0.25, -0.2) is 18.7 Å². The number of aliphatic imine (C=N–C) groups is 1. The van der Waals surface area contributed by atoms with Crippen LogP contribution >= 0.6 is 11.6 Å². The number of Topliss-reactive ketones (excluding diaryl/α,β-unsaturated/α-hetero) is 4.